The van der Waals surface area contributed by atoms with E-state index in [1.54, 1.807) is 0 Å². The number of hydrogen-bond acceptors (Lipinski definition) is 3. The first-order valence-corrected chi connectivity index (χ1v) is 8.00. The summed E-state index contributed by atoms with van der Waals surface area (Å²) in [7, 11) is -0.351. The summed E-state index contributed by atoms with van der Waals surface area (Å²) in [5.41, 5.74) is 1.51. The molecule has 5 heteroatoms. The van der Waals surface area contributed by atoms with Crippen molar-refractivity contribution in [2.75, 3.05) is 6.54 Å². The molecule has 22 heavy (non-hydrogen) atoms. The summed E-state index contributed by atoms with van der Waals surface area (Å²) in [5, 5.41) is 0. The maximum absolute atomic E-state index is 11.2. The van der Waals surface area contributed by atoms with Crippen LogP contribution in [-0.2, 0) is 14.1 Å². The highest BCUT2D eigenvalue weighted by Gasteiger charge is 2.51. The van der Waals surface area contributed by atoms with Gasteiger partial charge in [-0.1, -0.05) is 24.3 Å². The van der Waals surface area contributed by atoms with Gasteiger partial charge in [0.2, 0.25) is 6.41 Å². The molecule has 0 N–H and O–H groups in total. The lowest BCUT2D eigenvalue weighted by Crippen LogP contribution is -2.41. The van der Waals surface area contributed by atoms with Gasteiger partial charge in [0.05, 0.1) is 17.2 Å². The number of carbonyl (C=O) groups excluding carboxylic acids is 1. The number of benzene rings is 1. The summed E-state index contributed by atoms with van der Waals surface area (Å²) in [6.45, 7) is 9.07. The Morgan fingerprint density at radius 3 is 2.55 bits per heavy atom. The van der Waals surface area contributed by atoms with Crippen LogP contribution in [0.5, 0.6) is 0 Å². The monoisotopic (exact) mass is 301 g/mol. The Morgan fingerprint density at radius 1 is 1.23 bits per heavy atom. The predicted octanol–water partition coefficient (Wildman–Crippen LogP) is 2.28. The molecule has 0 bridgehead atoms. The maximum atomic E-state index is 11.2. The first-order chi connectivity index (χ1) is 10.3. The van der Waals surface area contributed by atoms with Gasteiger partial charge in [-0.15, -0.1) is 0 Å². The van der Waals surface area contributed by atoms with E-state index in [2.05, 4.69) is 39.8 Å². The number of rotatable bonds is 3. The second kappa shape index (κ2) is 5.39. The number of hydrogen-bond donors (Lipinski definition) is 0. The first-order valence-electron chi connectivity index (χ1n) is 8.00. The van der Waals surface area contributed by atoms with E-state index in [1.165, 1.54) is 0 Å². The summed E-state index contributed by atoms with van der Waals surface area (Å²) in [6, 6.07) is 8.44. The highest BCUT2D eigenvalue weighted by Crippen LogP contribution is 2.37. The van der Waals surface area contributed by atoms with E-state index in [-0.39, 0.29) is 24.4 Å². The minimum atomic E-state index is -0.351. The lowest BCUT2D eigenvalue weighted by atomic mass is 9.78. The van der Waals surface area contributed by atoms with Gasteiger partial charge in [-0.3, -0.25) is 4.79 Å². The molecule has 2 saturated heterocycles. The quantitative estimate of drug-likeness (QED) is 0.635. The SMILES string of the molecule is CC1(C)OB(c2cccc(C3CCCN3C=O)c2)OC1(C)C. The van der Waals surface area contributed by atoms with E-state index in [1.807, 2.05) is 17.0 Å². The van der Waals surface area contributed by atoms with Gasteiger partial charge >= 0.3 is 7.12 Å². The molecule has 0 radical (unpaired) electrons. The summed E-state index contributed by atoms with van der Waals surface area (Å²) in [5.74, 6) is 0. The smallest absolute Gasteiger partial charge is 0.399 e. The molecule has 4 nitrogen and oxygen atoms in total. The summed E-state index contributed by atoms with van der Waals surface area (Å²) in [6.07, 6.45) is 3.04. The van der Waals surface area contributed by atoms with Crippen LogP contribution < -0.4 is 5.46 Å². The van der Waals surface area contributed by atoms with Crippen molar-refractivity contribution in [2.45, 2.75) is 57.8 Å². The summed E-state index contributed by atoms with van der Waals surface area (Å²) < 4.78 is 12.2. The molecular weight excluding hydrogens is 277 g/mol. The van der Waals surface area contributed by atoms with E-state index in [0.29, 0.717) is 0 Å². The molecule has 0 saturated carbocycles. The van der Waals surface area contributed by atoms with E-state index in [0.717, 1.165) is 36.8 Å². The van der Waals surface area contributed by atoms with Gasteiger partial charge < -0.3 is 14.2 Å². The fourth-order valence-electron chi connectivity index (χ4n) is 3.17. The Hall–Kier alpha value is -1.33. The van der Waals surface area contributed by atoms with E-state index in [4.69, 9.17) is 9.31 Å². The fraction of sp³-hybridized carbons (Fsp3) is 0.588. The normalized spacial score (nSPS) is 26.5. The fourth-order valence-corrected chi connectivity index (χ4v) is 3.17. The average Bonchev–Trinajstić information content (AvgIpc) is 3.02. The highest BCUT2D eigenvalue weighted by atomic mass is 16.7. The molecule has 2 fully saturated rings. The maximum Gasteiger partial charge on any atom is 0.494 e. The van der Waals surface area contributed by atoms with Crippen molar-refractivity contribution >= 4 is 19.0 Å². The first kappa shape index (κ1) is 15.6. The van der Waals surface area contributed by atoms with Crippen LogP contribution in [0.1, 0.15) is 52.1 Å². The lowest BCUT2D eigenvalue weighted by Gasteiger charge is -2.32. The average molecular weight is 301 g/mol. The van der Waals surface area contributed by atoms with Crippen LogP contribution in [-0.4, -0.2) is 36.2 Å². The minimum Gasteiger partial charge on any atom is -0.399 e. The van der Waals surface area contributed by atoms with Gasteiger partial charge in [-0.2, -0.15) is 0 Å². The minimum absolute atomic E-state index is 0.180. The van der Waals surface area contributed by atoms with Crippen molar-refractivity contribution in [3.63, 3.8) is 0 Å². The highest BCUT2D eigenvalue weighted by molar-refractivity contribution is 6.62. The van der Waals surface area contributed by atoms with Crippen LogP contribution in [0.15, 0.2) is 24.3 Å². The van der Waals surface area contributed by atoms with Crippen molar-refractivity contribution in [3.05, 3.63) is 29.8 Å². The number of amides is 1. The molecule has 1 atom stereocenters. The zero-order valence-electron chi connectivity index (χ0n) is 13.8. The molecule has 2 aliphatic rings. The zero-order chi connectivity index (χ0) is 16.0. The van der Waals surface area contributed by atoms with E-state index >= 15 is 0 Å². The molecule has 0 aliphatic carbocycles. The number of nitrogens with zero attached hydrogens (tertiary/aromatic N) is 1. The van der Waals surface area contributed by atoms with Crippen molar-refractivity contribution < 1.29 is 14.1 Å². The third-order valence-electron chi connectivity index (χ3n) is 5.25. The molecule has 2 heterocycles. The van der Waals surface area contributed by atoms with E-state index < -0.39 is 0 Å². The van der Waals surface area contributed by atoms with Gasteiger partial charge in [0.15, 0.2) is 0 Å². The third-order valence-corrected chi connectivity index (χ3v) is 5.25. The Labute approximate surface area is 132 Å². The Bertz CT molecular complexity index is 557. The molecule has 0 spiro atoms. The van der Waals surface area contributed by atoms with Crippen LogP contribution >= 0.6 is 0 Å². The molecule has 118 valence electrons. The van der Waals surface area contributed by atoms with Gasteiger partial charge in [0.1, 0.15) is 0 Å². The van der Waals surface area contributed by atoms with Crippen molar-refractivity contribution in [1.82, 2.24) is 4.90 Å². The van der Waals surface area contributed by atoms with E-state index in [9.17, 15) is 4.79 Å². The van der Waals surface area contributed by atoms with Gasteiger partial charge in [-0.25, -0.2) is 0 Å². The summed E-state index contributed by atoms with van der Waals surface area (Å²) in [4.78, 5) is 13.1. The van der Waals surface area contributed by atoms with Crippen molar-refractivity contribution in [1.29, 1.82) is 0 Å². The van der Waals surface area contributed by atoms with Crippen LogP contribution in [0.2, 0.25) is 0 Å². The molecule has 1 aromatic carbocycles. The molecule has 1 amide bonds. The van der Waals surface area contributed by atoms with Crippen LogP contribution in [0.25, 0.3) is 0 Å². The van der Waals surface area contributed by atoms with Crippen LogP contribution in [0.4, 0.5) is 0 Å². The van der Waals surface area contributed by atoms with Crippen LogP contribution in [0, 0.1) is 0 Å². The molecule has 2 aliphatic heterocycles. The zero-order valence-corrected chi connectivity index (χ0v) is 13.8. The number of carbonyl (C=O) groups is 1. The molecule has 0 aromatic heterocycles. The molecule has 1 unspecified atom stereocenters. The van der Waals surface area contributed by atoms with Crippen molar-refractivity contribution in [3.8, 4) is 0 Å². The largest absolute Gasteiger partial charge is 0.494 e. The van der Waals surface area contributed by atoms with Gasteiger partial charge in [0.25, 0.3) is 0 Å². The van der Waals surface area contributed by atoms with Gasteiger partial charge in [-0.05, 0) is 51.6 Å². The lowest BCUT2D eigenvalue weighted by molar-refractivity contribution is -0.118. The molecule has 3 rings (SSSR count). The Morgan fingerprint density at radius 2 is 1.91 bits per heavy atom. The Balaban J connectivity index is 1.85. The second-order valence-electron chi connectivity index (χ2n) is 7.26. The predicted molar refractivity (Wildman–Crippen MR) is 86.9 cm³/mol. The summed E-state index contributed by atoms with van der Waals surface area (Å²) >= 11 is 0. The number of likely N-dealkylation sites (tertiary alicyclic amines) is 1. The van der Waals surface area contributed by atoms with Gasteiger partial charge in [0, 0.05) is 6.54 Å². The standard InChI is InChI=1S/C17H24BNO3/c1-16(2)17(3,4)22-18(21-16)14-8-5-7-13(11-14)15-9-6-10-19(15)12-20/h5,7-8,11-12,15H,6,9-10H2,1-4H3. The van der Waals surface area contributed by atoms with Crippen LogP contribution in [0.3, 0.4) is 0 Å². The Kier molecular flexibility index (Phi) is 3.81. The second-order valence-corrected chi connectivity index (χ2v) is 7.26. The topological polar surface area (TPSA) is 38.8 Å². The third kappa shape index (κ3) is 2.57. The molecule has 1 aromatic rings. The van der Waals surface area contributed by atoms with Crippen molar-refractivity contribution in [2.24, 2.45) is 0 Å². The molecular formula is C17H24BNO3.